The third-order valence-electron chi connectivity index (χ3n) is 9.15. The highest BCUT2D eigenvalue weighted by Gasteiger charge is 3.01. The molecule has 198 valence electrons. The molecular weight excluding hydrogens is 466 g/mol. The van der Waals surface area contributed by atoms with Crippen molar-refractivity contribution >= 4 is 18.2 Å². The number of rotatable bonds is 7. The second-order valence-corrected chi connectivity index (χ2v) is 11.1. The van der Waals surface area contributed by atoms with Gasteiger partial charge in [-0.1, -0.05) is 27.7 Å². The fraction of sp³-hybridized carbons (Fsp3) is 0.857. The van der Waals surface area contributed by atoms with Gasteiger partial charge in [0.1, 0.15) is 41.2 Å². The van der Waals surface area contributed by atoms with Gasteiger partial charge < -0.3 is 61.9 Å². The number of carbonyl (C=O) groups is 2. The molecule has 2 aliphatic heterocycles. The average molecular weight is 502 g/mol. The van der Waals surface area contributed by atoms with Crippen molar-refractivity contribution in [3.8, 4) is 0 Å². The predicted octanol–water partition coefficient (Wildman–Crippen LogP) is -5.29. The van der Waals surface area contributed by atoms with E-state index in [0.29, 0.717) is 0 Å². The Labute approximate surface area is 201 Å². The zero-order valence-corrected chi connectivity index (χ0v) is 20.0. The summed E-state index contributed by atoms with van der Waals surface area (Å²) < 4.78 is 5.98. The van der Waals surface area contributed by atoms with E-state index in [4.69, 9.17) is 16.2 Å². The van der Waals surface area contributed by atoms with E-state index >= 15 is 0 Å². The summed E-state index contributed by atoms with van der Waals surface area (Å²) in [6.45, 7) is 3.81. The summed E-state index contributed by atoms with van der Waals surface area (Å²) in [5.74, 6) is -1.07. The number of amides is 1. The van der Waals surface area contributed by atoms with Gasteiger partial charge in [0.25, 0.3) is 0 Å². The number of nitrogens with two attached hydrogens (primary N) is 2. The number of aliphatic hydroxyl groups excluding tert-OH is 3. The average Bonchev–Trinajstić information content (AvgIpc) is 3.08. The van der Waals surface area contributed by atoms with Crippen molar-refractivity contribution in [3.05, 3.63) is 0 Å². The molecule has 0 aromatic heterocycles. The second kappa shape index (κ2) is 7.32. The number of hydrogen-bond acceptors (Lipinski definition) is 13. The zero-order valence-electron chi connectivity index (χ0n) is 20.0. The number of aliphatic imine (C=N–C) groups is 1. The van der Waals surface area contributed by atoms with Crippen LogP contribution in [-0.4, -0.2) is 126 Å². The molecule has 0 spiro atoms. The lowest BCUT2D eigenvalue weighted by atomic mass is 9.49. The number of carbonyl (C=O) groups excluding carboxylic acids is 2. The predicted molar refractivity (Wildman–Crippen MR) is 118 cm³/mol. The summed E-state index contributed by atoms with van der Waals surface area (Å²) in [4.78, 5) is 31.0. The molecule has 9 atom stereocenters. The van der Waals surface area contributed by atoms with E-state index in [9.17, 15) is 40.2 Å². The van der Waals surface area contributed by atoms with Crippen molar-refractivity contribution in [2.75, 3.05) is 19.8 Å². The van der Waals surface area contributed by atoms with Crippen LogP contribution in [0.1, 0.15) is 27.7 Å². The minimum atomic E-state index is -2.40. The molecule has 1 amide bonds. The Hall–Kier alpha value is -1.91. The van der Waals surface area contributed by atoms with Crippen LogP contribution in [0.2, 0.25) is 0 Å². The van der Waals surface area contributed by atoms with Crippen molar-refractivity contribution in [2.24, 2.45) is 27.3 Å². The Morgan fingerprint density at radius 2 is 1.89 bits per heavy atom. The first kappa shape index (κ1) is 26.2. The van der Waals surface area contributed by atoms with Gasteiger partial charge in [0.15, 0.2) is 17.8 Å². The molecule has 4 aliphatic rings. The molecule has 35 heavy (non-hydrogen) atoms. The molecule has 0 aromatic carbocycles. The van der Waals surface area contributed by atoms with Crippen LogP contribution in [0.15, 0.2) is 4.99 Å². The Balaban J connectivity index is 1.90. The molecule has 0 radical (unpaired) electrons. The van der Waals surface area contributed by atoms with Gasteiger partial charge in [0.05, 0.1) is 25.9 Å². The molecule has 11 N–H and O–H groups in total. The van der Waals surface area contributed by atoms with Gasteiger partial charge in [-0.25, -0.2) is 4.99 Å². The summed E-state index contributed by atoms with van der Waals surface area (Å²) >= 11 is 0. The monoisotopic (exact) mass is 501 g/mol. The van der Waals surface area contributed by atoms with Crippen molar-refractivity contribution < 1.29 is 45.0 Å². The van der Waals surface area contributed by atoms with Crippen molar-refractivity contribution in [1.82, 2.24) is 10.2 Å². The molecule has 4 rings (SSSR count). The molecule has 2 aliphatic carbocycles. The van der Waals surface area contributed by atoms with Gasteiger partial charge in [-0.3, -0.25) is 4.79 Å². The number of aldehydes is 1. The van der Waals surface area contributed by atoms with E-state index in [1.807, 2.05) is 0 Å². The maximum Gasteiger partial charge on any atom is 0.244 e. The molecular formula is C21H35N5O9. The third-order valence-corrected chi connectivity index (χ3v) is 9.15. The molecule has 7 unspecified atom stereocenters. The maximum absolute atomic E-state index is 13.4. The summed E-state index contributed by atoms with van der Waals surface area (Å²) in [5.41, 5.74) is -0.574. The second-order valence-electron chi connectivity index (χ2n) is 11.1. The smallest absolute Gasteiger partial charge is 0.244 e. The third kappa shape index (κ3) is 2.49. The fourth-order valence-electron chi connectivity index (χ4n) is 6.76. The lowest BCUT2D eigenvalue weighted by molar-refractivity contribution is -0.402. The highest BCUT2D eigenvalue weighted by Crippen LogP contribution is 2.80. The molecule has 3 fully saturated rings. The Morgan fingerprint density at radius 1 is 1.29 bits per heavy atom. The lowest BCUT2D eigenvalue weighted by Crippen LogP contribution is -2.88. The summed E-state index contributed by atoms with van der Waals surface area (Å²) in [5, 5.41) is 69.0. The van der Waals surface area contributed by atoms with Crippen LogP contribution in [0.25, 0.3) is 0 Å². The van der Waals surface area contributed by atoms with Gasteiger partial charge in [-0.05, 0) is 0 Å². The summed E-state index contributed by atoms with van der Waals surface area (Å²) in [6.07, 6.45) is -5.59. The minimum absolute atomic E-state index is 0.0693. The number of fused-ring (bicyclic) bond motifs is 3. The molecule has 0 aromatic rings. The maximum atomic E-state index is 13.4. The number of nitrogens with one attached hydrogen (secondary N) is 1. The molecule has 2 heterocycles. The fourth-order valence-corrected chi connectivity index (χ4v) is 6.76. The van der Waals surface area contributed by atoms with E-state index in [1.54, 1.807) is 0 Å². The van der Waals surface area contributed by atoms with Crippen LogP contribution in [0.4, 0.5) is 0 Å². The first-order valence-electron chi connectivity index (χ1n) is 11.4. The van der Waals surface area contributed by atoms with Crippen molar-refractivity contribution in [2.45, 2.75) is 80.6 Å². The van der Waals surface area contributed by atoms with E-state index < -0.39 is 82.8 Å². The number of guanidine groups is 1. The van der Waals surface area contributed by atoms with Gasteiger partial charge in [-0.2, -0.15) is 0 Å². The van der Waals surface area contributed by atoms with Gasteiger partial charge in [-0.15, -0.1) is 0 Å². The highest BCUT2D eigenvalue weighted by atomic mass is 16.6. The number of nitrogens with zero attached hydrogens (tertiary/aromatic N) is 2. The molecule has 14 heteroatoms. The van der Waals surface area contributed by atoms with Crippen LogP contribution in [0, 0.1) is 10.8 Å². The number of aliphatic hydroxyl groups is 6. The van der Waals surface area contributed by atoms with E-state index in [0.717, 1.165) is 4.90 Å². The van der Waals surface area contributed by atoms with Crippen LogP contribution >= 0.6 is 0 Å². The number of hydrogen-bond donors (Lipinski definition) is 9. The Morgan fingerprint density at radius 3 is 2.34 bits per heavy atom. The van der Waals surface area contributed by atoms with E-state index in [-0.39, 0.29) is 18.8 Å². The van der Waals surface area contributed by atoms with Gasteiger partial charge in [0, 0.05) is 10.8 Å². The summed E-state index contributed by atoms with van der Waals surface area (Å²) in [7, 11) is 0. The van der Waals surface area contributed by atoms with Gasteiger partial charge >= 0.3 is 0 Å². The standard InChI is InChI=1S/C21H35N5O9/c1-16(2)11(30)12-19(16,32)21(34)17(3,4)20(21,33)14(35-12)18(7-28,8-29)26(13(31)9(22)6-27)10-5-24-15(23)25-10/h7,9-12,14,27,29-30,32-34H,5-6,8,22H2,1-4H3,(H3,23,24,25)/t9-,10?,11?,12?,14?,18+,19?,20?,21?/m0/s1. The van der Waals surface area contributed by atoms with Crippen LogP contribution < -0.4 is 16.8 Å². The quantitative estimate of drug-likeness (QED) is 0.149. The van der Waals surface area contributed by atoms with E-state index in [1.165, 1.54) is 27.7 Å². The lowest BCUT2D eigenvalue weighted by Gasteiger charge is -2.68. The van der Waals surface area contributed by atoms with Crippen molar-refractivity contribution in [3.63, 3.8) is 0 Å². The van der Waals surface area contributed by atoms with Crippen LogP contribution in [0.5, 0.6) is 0 Å². The molecule has 2 saturated carbocycles. The minimum Gasteiger partial charge on any atom is -0.394 e. The molecule has 0 bridgehead atoms. The molecule has 1 saturated heterocycles. The topological polar surface area (TPSA) is 244 Å². The summed E-state index contributed by atoms with van der Waals surface area (Å²) in [6, 6.07) is -1.53. The Kier molecular flexibility index (Phi) is 5.47. The van der Waals surface area contributed by atoms with Crippen LogP contribution in [-0.2, 0) is 14.3 Å². The Bertz CT molecular complexity index is 977. The van der Waals surface area contributed by atoms with E-state index in [2.05, 4.69) is 10.3 Å². The largest absolute Gasteiger partial charge is 0.394 e. The first-order chi connectivity index (χ1) is 16.0. The SMILES string of the molecule is CC1(C)C(O)C2OC([C@@](C=O)(CO)N(C(=O)[C@@H](N)CO)C3CN=C(N)N3)C3(O)C(C)(C)C3(O)C21O. The van der Waals surface area contributed by atoms with Crippen LogP contribution in [0.3, 0.4) is 0 Å². The molecule has 14 nitrogen and oxygen atoms in total. The first-order valence-corrected chi connectivity index (χ1v) is 11.4. The van der Waals surface area contributed by atoms with Crippen molar-refractivity contribution in [1.29, 1.82) is 0 Å². The highest BCUT2D eigenvalue weighted by molar-refractivity contribution is 5.89. The number of ether oxygens (including phenoxy) is 1. The van der Waals surface area contributed by atoms with Gasteiger partial charge in [0.2, 0.25) is 5.91 Å². The normalized spacial score (nSPS) is 44.9. The zero-order chi connectivity index (χ0) is 26.6.